The van der Waals surface area contributed by atoms with Crippen molar-refractivity contribution in [3.8, 4) is 0 Å². The first kappa shape index (κ1) is 10.4. The summed E-state index contributed by atoms with van der Waals surface area (Å²) >= 11 is 3.68. The Morgan fingerprint density at radius 3 is 3.24 bits per heavy atom. The first-order chi connectivity index (χ1) is 8.34. The third-order valence-corrected chi connectivity index (χ3v) is 5.02. The van der Waals surface area contributed by atoms with Crippen molar-refractivity contribution >= 4 is 21.6 Å². The van der Waals surface area contributed by atoms with Crippen LogP contribution >= 0.6 is 15.9 Å². The van der Waals surface area contributed by atoms with Crippen molar-refractivity contribution in [3.05, 3.63) is 27.7 Å². The molecule has 3 aliphatic heterocycles. The van der Waals surface area contributed by atoms with Gasteiger partial charge in [0.1, 0.15) is 0 Å². The molecular formula is C14H17BrN2. The van der Waals surface area contributed by atoms with Gasteiger partial charge in [0.2, 0.25) is 0 Å². The van der Waals surface area contributed by atoms with Crippen LogP contribution in [0.5, 0.6) is 0 Å². The van der Waals surface area contributed by atoms with Crippen LogP contribution < -0.4 is 10.2 Å². The lowest BCUT2D eigenvalue weighted by molar-refractivity contribution is 0.400. The summed E-state index contributed by atoms with van der Waals surface area (Å²) in [6.45, 7) is 3.61. The summed E-state index contributed by atoms with van der Waals surface area (Å²) in [5.74, 6) is 0.716. The standard InChI is InChI=1S/C14H17BrN2/c15-10-6-9-2-1-5-17-13-3-4-16-8-12(13)11(7-10)14(9)17/h6-7,12-13,16H,1-5,8H2/t12-,13-/m0/s1. The van der Waals surface area contributed by atoms with Crippen LogP contribution in [0.3, 0.4) is 0 Å². The second-order valence-electron chi connectivity index (χ2n) is 5.47. The predicted octanol–water partition coefficient (Wildman–Crippen LogP) is 2.66. The maximum atomic E-state index is 3.68. The van der Waals surface area contributed by atoms with E-state index in [0.717, 1.165) is 12.6 Å². The van der Waals surface area contributed by atoms with Gasteiger partial charge in [-0.1, -0.05) is 15.9 Å². The van der Waals surface area contributed by atoms with Gasteiger partial charge < -0.3 is 10.2 Å². The number of hydrogen-bond acceptors (Lipinski definition) is 2. The van der Waals surface area contributed by atoms with Crippen LogP contribution in [0.15, 0.2) is 16.6 Å². The van der Waals surface area contributed by atoms with Crippen LogP contribution in [-0.4, -0.2) is 25.7 Å². The van der Waals surface area contributed by atoms with Gasteiger partial charge in [-0.3, -0.25) is 0 Å². The van der Waals surface area contributed by atoms with Crippen molar-refractivity contribution in [2.24, 2.45) is 0 Å². The molecule has 1 aromatic rings. The molecule has 0 bridgehead atoms. The Morgan fingerprint density at radius 1 is 1.35 bits per heavy atom. The number of halogens is 1. The average Bonchev–Trinajstić information content (AvgIpc) is 2.67. The van der Waals surface area contributed by atoms with Crippen LogP contribution in [0.4, 0.5) is 5.69 Å². The molecule has 1 aromatic carbocycles. The summed E-state index contributed by atoms with van der Waals surface area (Å²) in [5, 5.41) is 3.56. The Bertz CT molecular complexity index is 472. The smallest absolute Gasteiger partial charge is 0.0438 e. The number of benzene rings is 1. The van der Waals surface area contributed by atoms with E-state index in [9.17, 15) is 0 Å². The second kappa shape index (κ2) is 3.72. The van der Waals surface area contributed by atoms with E-state index in [1.165, 1.54) is 36.8 Å². The van der Waals surface area contributed by atoms with Crippen molar-refractivity contribution in [2.75, 3.05) is 24.5 Å². The molecule has 0 aliphatic carbocycles. The average molecular weight is 293 g/mol. The molecule has 0 amide bonds. The van der Waals surface area contributed by atoms with E-state index >= 15 is 0 Å². The summed E-state index contributed by atoms with van der Waals surface area (Å²) in [5.41, 5.74) is 4.74. The molecule has 3 heterocycles. The monoisotopic (exact) mass is 292 g/mol. The molecule has 1 fully saturated rings. The molecule has 0 radical (unpaired) electrons. The Balaban J connectivity index is 1.91. The first-order valence-electron chi connectivity index (χ1n) is 6.64. The molecule has 90 valence electrons. The predicted molar refractivity (Wildman–Crippen MR) is 73.8 cm³/mol. The highest BCUT2D eigenvalue weighted by molar-refractivity contribution is 9.10. The van der Waals surface area contributed by atoms with E-state index in [1.807, 2.05) is 0 Å². The number of nitrogens with one attached hydrogen (secondary N) is 1. The molecular weight excluding hydrogens is 276 g/mol. The molecule has 2 nitrogen and oxygen atoms in total. The third-order valence-electron chi connectivity index (χ3n) is 4.56. The summed E-state index contributed by atoms with van der Waals surface area (Å²) in [4.78, 5) is 2.70. The van der Waals surface area contributed by atoms with E-state index in [-0.39, 0.29) is 0 Å². The van der Waals surface area contributed by atoms with Crippen LogP contribution in [0.2, 0.25) is 0 Å². The minimum atomic E-state index is 0.716. The topological polar surface area (TPSA) is 15.3 Å². The van der Waals surface area contributed by atoms with E-state index in [0.29, 0.717) is 5.92 Å². The Labute approximate surface area is 111 Å². The largest absolute Gasteiger partial charge is 0.367 e. The number of anilines is 1. The molecule has 1 saturated heterocycles. The van der Waals surface area contributed by atoms with Gasteiger partial charge in [0.05, 0.1) is 0 Å². The van der Waals surface area contributed by atoms with Crippen LogP contribution in [0.25, 0.3) is 0 Å². The summed E-state index contributed by atoms with van der Waals surface area (Å²) in [6.07, 6.45) is 3.88. The van der Waals surface area contributed by atoms with Crippen molar-refractivity contribution < 1.29 is 0 Å². The Morgan fingerprint density at radius 2 is 2.29 bits per heavy atom. The fourth-order valence-electron chi connectivity index (χ4n) is 3.92. The minimum Gasteiger partial charge on any atom is -0.367 e. The molecule has 4 rings (SSSR count). The highest BCUT2D eigenvalue weighted by Crippen LogP contribution is 2.48. The lowest BCUT2D eigenvalue weighted by Gasteiger charge is -2.36. The fraction of sp³-hybridized carbons (Fsp3) is 0.571. The van der Waals surface area contributed by atoms with Crippen LogP contribution in [0.1, 0.15) is 29.9 Å². The van der Waals surface area contributed by atoms with E-state index in [2.05, 4.69) is 38.3 Å². The lowest BCUT2D eigenvalue weighted by atomic mass is 9.90. The van der Waals surface area contributed by atoms with E-state index < -0.39 is 0 Å². The summed E-state index contributed by atoms with van der Waals surface area (Å²) in [6, 6.07) is 5.45. The number of hydrogen-bond donors (Lipinski definition) is 1. The first-order valence-corrected chi connectivity index (χ1v) is 7.43. The fourth-order valence-corrected chi connectivity index (χ4v) is 4.44. The lowest BCUT2D eigenvalue weighted by Crippen LogP contribution is -2.45. The van der Waals surface area contributed by atoms with Crippen molar-refractivity contribution in [1.82, 2.24) is 5.32 Å². The van der Waals surface area contributed by atoms with Gasteiger partial charge in [0, 0.05) is 35.2 Å². The molecule has 0 spiro atoms. The molecule has 0 saturated carbocycles. The zero-order valence-corrected chi connectivity index (χ0v) is 11.5. The molecule has 3 heteroatoms. The van der Waals surface area contributed by atoms with Crippen LogP contribution in [-0.2, 0) is 6.42 Å². The molecule has 1 N–H and O–H groups in total. The minimum absolute atomic E-state index is 0.716. The molecule has 3 aliphatic rings. The van der Waals surface area contributed by atoms with Gasteiger partial charge in [0.15, 0.2) is 0 Å². The quantitative estimate of drug-likeness (QED) is 0.791. The van der Waals surface area contributed by atoms with Gasteiger partial charge in [0.25, 0.3) is 0 Å². The van der Waals surface area contributed by atoms with E-state index in [4.69, 9.17) is 0 Å². The number of fused-ring (bicyclic) bond motifs is 3. The Hall–Kier alpha value is -0.540. The van der Waals surface area contributed by atoms with Crippen LogP contribution in [0, 0.1) is 0 Å². The number of piperidine rings is 1. The maximum absolute atomic E-state index is 3.68. The van der Waals surface area contributed by atoms with Gasteiger partial charge in [-0.15, -0.1) is 0 Å². The molecule has 0 aromatic heterocycles. The van der Waals surface area contributed by atoms with Gasteiger partial charge in [-0.25, -0.2) is 0 Å². The maximum Gasteiger partial charge on any atom is 0.0438 e. The highest BCUT2D eigenvalue weighted by Gasteiger charge is 2.41. The zero-order valence-electron chi connectivity index (χ0n) is 9.88. The summed E-state index contributed by atoms with van der Waals surface area (Å²) < 4.78 is 1.26. The van der Waals surface area contributed by atoms with Gasteiger partial charge >= 0.3 is 0 Å². The van der Waals surface area contributed by atoms with Crippen molar-refractivity contribution in [2.45, 2.75) is 31.2 Å². The van der Waals surface area contributed by atoms with Gasteiger partial charge in [-0.05, 0) is 49.1 Å². The molecule has 2 atom stereocenters. The number of nitrogens with zero attached hydrogens (tertiary/aromatic N) is 1. The summed E-state index contributed by atoms with van der Waals surface area (Å²) in [7, 11) is 0. The molecule has 17 heavy (non-hydrogen) atoms. The third kappa shape index (κ3) is 1.42. The van der Waals surface area contributed by atoms with Gasteiger partial charge in [-0.2, -0.15) is 0 Å². The Kier molecular flexibility index (Phi) is 2.28. The normalized spacial score (nSPS) is 30.1. The highest BCUT2D eigenvalue weighted by atomic mass is 79.9. The molecule has 0 unspecified atom stereocenters. The van der Waals surface area contributed by atoms with E-state index in [1.54, 1.807) is 16.8 Å². The van der Waals surface area contributed by atoms with Crippen molar-refractivity contribution in [1.29, 1.82) is 0 Å². The number of aryl methyl sites for hydroxylation is 1. The SMILES string of the molecule is Brc1cc2c3c(c1)[C@@H]1CNCC[C@@H]1N3CCC2. The zero-order chi connectivity index (χ0) is 11.4. The number of rotatable bonds is 0. The van der Waals surface area contributed by atoms with Crippen molar-refractivity contribution in [3.63, 3.8) is 0 Å². The second-order valence-corrected chi connectivity index (χ2v) is 6.38.